The van der Waals surface area contributed by atoms with Crippen LogP contribution >= 0.6 is 0 Å². The Morgan fingerprint density at radius 3 is 2.65 bits per heavy atom. The molecule has 0 N–H and O–H groups in total. The zero-order valence-corrected chi connectivity index (χ0v) is 12.3. The largest absolute Gasteiger partial charge is 0.463 e. The molecule has 0 heterocycles. The lowest BCUT2D eigenvalue weighted by molar-refractivity contribution is -0.138. The third-order valence-electron chi connectivity index (χ3n) is 4.21. The first kappa shape index (κ1) is 14.8. The molecule has 0 aliphatic heterocycles. The van der Waals surface area contributed by atoms with Gasteiger partial charge in [0.25, 0.3) is 0 Å². The number of carbonyl (C=O) groups excluding carboxylic acids is 1. The summed E-state index contributed by atoms with van der Waals surface area (Å²) in [6.45, 7) is 6.17. The van der Waals surface area contributed by atoms with Crippen LogP contribution in [0.2, 0.25) is 0 Å². The zero-order chi connectivity index (χ0) is 14.4. The Balaban J connectivity index is 2.04. The number of hydrogen-bond donors (Lipinski definition) is 0. The average molecular weight is 272 g/mol. The molecule has 1 aromatic rings. The minimum Gasteiger partial charge on any atom is -0.463 e. The first-order valence-electron chi connectivity index (χ1n) is 7.62. The summed E-state index contributed by atoms with van der Waals surface area (Å²) in [6, 6.07) is 10.7. The normalized spacial score (nSPS) is 22.2. The Hall–Kier alpha value is -1.57. The average Bonchev–Trinajstić information content (AvgIpc) is 2.49. The van der Waals surface area contributed by atoms with Gasteiger partial charge in [0.15, 0.2) is 0 Å². The van der Waals surface area contributed by atoms with Gasteiger partial charge in [-0.05, 0) is 43.6 Å². The van der Waals surface area contributed by atoms with Gasteiger partial charge >= 0.3 is 5.97 Å². The van der Waals surface area contributed by atoms with Crippen LogP contribution in [0.1, 0.15) is 50.5 Å². The van der Waals surface area contributed by atoms with Gasteiger partial charge in [0, 0.05) is 5.57 Å². The third kappa shape index (κ3) is 3.72. The molecule has 2 heteroatoms. The molecule has 1 fully saturated rings. The molecule has 20 heavy (non-hydrogen) atoms. The number of benzene rings is 1. The molecule has 1 aromatic carbocycles. The predicted molar refractivity (Wildman–Crippen MR) is 81.5 cm³/mol. The summed E-state index contributed by atoms with van der Waals surface area (Å²) >= 11 is 0. The van der Waals surface area contributed by atoms with Gasteiger partial charge in [-0.25, -0.2) is 4.79 Å². The van der Waals surface area contributed by atoms with Crippen molar-refractivity contribution >= 4 is 5.97 Å². The molecule has 2 nitrogen and oxygen atoms in total. The molecule has 0 saturated heterocycles. The summed E-state index contributed by atoms with van der Waals surface area (Å²) in [6.07, 6.45) is 5.69. The lowest BCUT2D eigenvalue weighted by atomic mass is 9.73. The second kappa shape index (κ2) is 7.28. The van der Waals surface area contributed by atoms with Crippen molar-refractivity contribution in [2.45, 2.75) is 44.9 Å². The molecule has 0 bridgehead atoms. The van der Waals surface area contributed by atoms with E-state index in [9.17, 15) is 4.79 Å². The van der Waals surface area contributed by atoms with Crippen molar-refractivity contribution < 1.29 is 9.53 Å². The molecule has 0 aromatic heterocycles. The number of hydrogen-bond acceptors (Lipinski definition) is 2. The van der Waals surface area contributed by atoms with Crippen LogP contribution in [-0.4, -0.2) is 12.6 Å². The Labute approximate surface area is 121 Å². The SMILES string of the molecule is C=C(C[C@@H]1CCCC[C@H]1c1ccccc1)C(=O)OCC. The van der Waals surface area contributed by atoms with Crippen LogP contribution in [0.4, 0.5) is 0 Å². The fourth-order valence-corrected chi connectivity index (χ4v) is 3.22. The van der Waals surface area contributed by atoms with Gasteiger partial charge in [0.2, 0.25) is 0 Å². The van der Waals surface area contributed by atoms with E-state index in [2.05, 4.69) is 36.9 Å². The Morgan fingerprint density at radius 1 is 1.25 bits per heavy atom. The Bertz CT molecular complexity index is 450. The highest BCUT2D eigenvalue weighted by molar-refractivity contribution is 5.87. The van der Waals surface area contributed by atoms with Gasteiger partial charge in [-0.2, -0.15) is 0 Å². The van der Waals surface area contributed by atoms with Crippen molar-refractivity contribution in [1.82, 2.24) is 0 Å². The molecule has 1 aliphatic carbocycles. The summed E-state index contributed by atoms with van der Waals surface area (Å²) in [5.41, 5.74) is 2.02. The molecular formula is C18H24O2. The summed E-state index contributed by atoms with van der Waals surface area (Å²) in [5.74, 6) is 0.837. The van der Waals surface area contributed by atoms with E-state index in [0.717, 1.165) is 6.42 Å². The maximum atomic E-state index is 11.7. The van der Waals surface area contributed by atoms with E-state index >= 15 is 0 Å². The first-order chi connectivity index (χ1) is 9.72. The van der Waals surface area contributed by atoms with E-state index < -0.39 is 0 Å². The third-order valence-corrected chi connectivity index (χ3v) is 4.21. The van der Waals surface area contributed by atoms with Crippen molar-refractivity contribution in [3.63, 3.8) is 0 Å². The molecule has 0 spiro atoms. The van der Waals surface area contributed by atoms with E-state index in [1.807, 2.05) is 6.92 Å². The Morgan fingerprint density at radius 2 is 1.95 bits per heavy atom. The maximum absolute atomic E-state index is 11.7. The first-order valence-corrected chi connectivity index (χ1v) is 7.62. The van der Waals surface area contributed by atoms with Crippen LogP contribution in [0.3, 0.4) is 0 Å². The van der Waals surface area contributed by atoms with Gasteiger partial charge in [-0.15, -0.1) is 0 Å². The summed E-state index contributed by atoms with van der Waals surface area (Å²) < 4.78 is 5.05. The summed E-state index contributed by atoms with van der Waals surface area (Å²) in [5, 5.41) is 0. The molecule has 0 unspecified atom stereocenters. The van der Waals surface area contributed by atoms with Crippen LogP contribution in [0.25, 0.3) is 0 Å². The van der Waals surface area contributed by atoms with Gasteiger partial charge in [0.1, 0.15) is 0 Å². The van der Waals surface area contributed by atoms with E-state index in [0.29, 0.717) is 24.0 Å². The minimum absolute atomic E-state index is 0.232. The quantitative estimate of drug-likeness (QED) is 0.584. The molecule has 2 rings (SSSR count). The topological polar surface area (TPSA) is 26.3 Å². The minimum atomic E-state index is -0.232. The predicted octanol–water partition coefficient (Wildman–Crippen LogP) is 4.47. The molecular weight excluding hydrogens is 248 g/mol. The second-order valence-corrected chi connectivity index (χ2v) is 5.59. The van der Waals surface area contributed by atoms with E-state index in [1.165, 1.54) is 31.2 Å². The fourth-order valence-electron chi connectivity index (χ4n) is 3.22. The van der Waals surface area contributed by atoms with Crippen LogP contribution in [-0.2, 0) is 9.53 Å². The zero-order valence-electron chi connectivity index (χ0n) is 12.3. The fraction of sp³-hybridized carbons (Fsp3) is 0.500. The smallest absolute Gasteiger partial charge is 0.333 e. The monoisotopic (exact) mass is 272 g/mol. The van der Waals surface area contributed by atoms with Crippen LogP contribution in [0, 0.1) is 5.92 Å². The van der Waals surface area contributed by atoms with E-state index in [-0.39, 0.29) is 5.97 Å². The number of rotatable bonds is 5. The highest BCUT2D eigenvalue weighted by Crippen LogP contribution is 2.40. The van der Waals surface area contributed by atoms with E-state index in [1.54, 1.807) is 0 Å². The lowest BCUT2D eigenvalue weighted by Crippen LogP contribution is -2.20. The van der Waals surface area contributed by atoms with Crippen molar-refractivity contribution in [1.29, 1.82) is 0 Å². The highest BCUT2D eigenvalue weighted by Gasteiger charge is 2.28. The molecule has 0 radical (unpaired) electrons. The van der Waals surface area contributed by atoms with Crippen molar-refractivity contribution in [3.8, 4) is 0 Å². The second-order valence-electron chi connectivity index (χ2n) is 5.59. The molecule has 0 amide bonds. The number of esters is 1. The van der Waals surface area contributed by atoms with Gasteiger partial charge in [-0.3, -0.25) is 0 Å². The molecule has 2 atom stereocenters. The molecule has 1 saturated carbocycles. The number of ether oxygens (including phenoxy) is 1. The summed E-state index contributed by atoms with van der Waals surface area (Å²) in [4.78, 5) is 11.7. The lowest BCUT2D eigenvalue weighted by Gasteiger charge is -2.32. The highest BCUT2D eigenvalue weighted by atomic mass is 16.5. The van der Waals surface area contributed by atoms with Crippen LogP contribution in [0.15, 0.2) is 42.5 Å². The summed E-state index contributed by atoms with van der Waals surface area (Å²) in [7, 11) is 0. The van der Waals surface area contributed by atoms with Crippen molar-refractivity contribution in [2.24, 2.45) is 5.92 Å². The van der Waals surface area contributed by atoms with Crippen molar-refractivity contribution in [2.75, 3.05) is 6.61 Å². The number of carbonyl (C=O) groups is 1. The molecule has 1 aliphatic rings. The van der Waals surface area contributed by atoms with Gasteiger partial charge < -0.3 is 4.74 Å². The van der Waals surface area contributed by atoms with Crippen LogP contribution in [0.5, 0.6) is 0 Å². The standard InChI is InChI=1S/C18H24O2/c1-3-20-18(19)14(2)13-16-11-7-8-12-17(16)15-9-5-4-6-10-15/h4-6,9-10,16-17H,2-3,7-8,11-13H2,1H3/t16-,17-/m0/s1. The molecule has 108 valence electrons. The maximum Gasteiger partial charge on any atom is 0.333 e. The van der Waals surface area contributed by atoms with Gasteiger partial charge in [0.05, 0.1) is 6.61 Å². The van der Waals surface area contributed by atoms with Crippen LogP contribution < -0.4 is 0 Å². The van der Waals surface area contributed by atoms with Crippen molar-refractivity contribution in [3.05, 3.63) is 48.0 Å². The van der Waals surface area contributed by atoms with Gasteiger partial charge in [-0.1, -0.05) is 49.8 Å². The Kier molecular flexibility index (Phi) is 5.40. The van der Waals surface area contributed by atoms with E-state index in [4.69, 9.17) is 4.74 Å².